The summed E-state index contributed by atoms with van der Waals surface area (Å²) in [5, 5.41) is 0. The molecule has 1 saturated heterocycles. The summed E-state index contributed by atoms with van der Waals surface area (Å²) in [5.41, 5.74) is -0.115. The molecule has 0 atom stereocenters. The number of hydrogen-bond donors (Lipinski definition) is 0. The van der Waals surface area contributed by atoms with Crippen molar-refractivity contribution in [3.05, 3.63) is 0 Å². The second-order valence-electron chi connectivity index (χ2n) is 10.4. The van der Waals surface area contributed by atoms with Crippen LogP contribution in [0.4, 0.5) is 0 Å². The highest BCUT2D eigenvalue weighted by Gasteiger charge is 2.36. The van der Waals surface area contributed by atoms with Crippen LogP contribution < -0.4 is 0 Å². The predicted molar refractivity (Wildman–Crippen MR) is 136 cm³/mol. The van der Waals surface area contributed by atoms with Crippen LogP contribution in [0, 0.1) is 0 Å². The zero-order chi connectivity index (χ0) is 22.5. The highest BCUT2D eigenvalue weighted by Crippen LogP contribution is 2.36. The molecule has 0 amide bonds. The molecule has 0 unspecified atom stereocenters. The molecule has 2 nitrogen and oxygen atoms in total. The fourth-order valence-corrected chi connectivity index (χ4v) is 5.24. The maximum absolute atomic E-state index is 12.0. The largest absolute Gasteiger partial charge is 0.459 e. The van der Waals surface area contributed by atoms with Gasteiger partial charge in [0.05, 0.1) is 0 Å². The van der Waals surface area contributed by atoms with Gasteiger partial charge in [0, 0.05) is 6.42 Å². The standard InChI is InChI=1S/C29H56O2/c1-3-5-7-9-11-13-15-17-19-21-25-29(27-23-24-28(30)31-29)26-22-20-18-16-14-12-10-8-6-4-2/h3-27H2,1-2H3. The van der Waals surface area contributed by atoms with Crippen LogP contribution in [0.1, 0.15) is 174 Å². The lowest BCUT2D eigenvalue weighted by molar-refractivity contribution is -0.169. The van der Waals surface area contributed by atoms with Gasteiger partial charge in [-0.25, -0.2) is 0 Å². The molecule has 1 aliphatic rings. The first kappa shape index (κ1) is 28.5. The van der Waals surface area contributed by atoms with Gasteiger partial charge in [0.15, 0.2) is 0 Å². The van der Waals surface area contributed by atoms with E-state index in [0.717, 1.165) is 25.7 Å². The van der Waals surface area contributed by atoms with Crippen molar-refractivity contribution in [1.29, 1.82) is 0 Å². The minimum absolute atomic E-state index is 0.0606. The molecule has 2 heteroatoms. The number of rotatable bonds is 22. The molecule has 31 heavy (non-hydrogen) atoms. The van der Waals surface area contributed by atoms with Gasteiger partial charge in [0.25, 0.3) is 0 Å². The lowest BCUT2D eigenvalue weighted by atomic mass is 9.83. The van der Waals surface area contributed by atoms with Gasteiger partial charge in [-0.1, -0.05) is 129 Å². The molecule has 0 aromatic carbocycles. The molecule has 0 aromatic heterocycles. The van der Waals surface area contributed by atoms with Crippen molar-refractivity contribution < 1.29 is 9.53 Å². The normalized spacial score (nSPS) is 15.9. The van der Waals surface area contributed by atoms with E-state index in [1.807, 2.05) is 0 Å². The molecular weight excluding hydrogens is 380 g/mol. The minimum atomic E-state index is -0.115. The van der Waals surface area contributed by atoms with Crippen LogP contribution in [0.2, 0.25) is 0 Å². The Morgan fingerprint density at radius 2 is 0.935 bits per heavy atom. The van der Waals surface area contributed by atoms with E-state index in [0.29, 0.717) is 6.42 Å². The molecule has 184 valence electrons. The van der Waals surface area contributed by atoms with Crippen molar-refractivity contribution in [2.45, 2.75) is 180 Å². The molecular formula is C29H56O2. The van der Waals surface area contributed by atoms with Gasteiger partial charge in [-0.2, -0.15) is 0 Å². The first-order valence-corrected chi connectivity index (χ1v) is 14.4. The molecule has 0 radical (unpaired) electrons. The summed E-state index contributed by atoms with van der Waals surface area (Å²) in [6.07, 6.45) is 32.4. The molecule has 1 aliphatic heterocycles. The fraction of sp³-hybridized carbons (Fsp3) is 0.966. The minimum Gasteiger partial charge on any atom is -0.459 e. The van der Waals surface area contributed by atoms with E-state index in [9.17, 15) is 4.79 Å². The Balaban J connectivity index is 2.10. The van der Waals surface area contributed by atoms with Gasteiger partial charge in [-0.3, -0.25) is 4.79 Å². The maximum Gasteiger partial charge on any atom is 0.306 e. The van der Waals surface area contributed by atoms with Crippen LogP contribution in [0.5, 0.6) is 0 Å². The number of hydrogen-bond acceptors (Lipinski definition) is 2. The third-order valence-corrected chi connectivity index (χ3v) is 7.32. The van der Waals surface area contributed by atoms with Crippen molar-refractivity contribution in [3.63, 3.8) is 0 Å². The molecule has 0 aromatic rings. The summed E-state index contributed by atoms with van der Waals surface area (Å²) >= 11 is 0. The van der Waals surface area contributed by atoms with Gasteiger partial charge in [-0.15, -0.1) is 0 Å². The Hall–Kier alpha value is -0.530. The maximum atomic E-state index is 12.0. The van der Waals surface area contributed by atoms with Crippen molar-refractivity contribution in [1.82, 2.24) is 0 Å². The fourth-order valence-electron chi connectivity index (χ4n) is 5.24. The number of ether oxygens (including phenoxy) is 1. The second kappa shape index (κ2) is 20.1. The van der Waals surface area contributed by atoms with Gasteiger partial charge >= 0.3 is 5.97 Å². The van der Waals surface area contributed by atoms with Crippen LogP contribution in [-0.4, -0.2) is 11.6 Å². The average molecular weight is 437 g/mol. The lowest BCUT2D eigenvalue weighted by Gasteiger charge is -2.37. The molecule has 0 saturated carbocycles. The molecule has 1 fully saturated rings. The van der Waals surface area contributed by atoms with Gasteiger partial charge < -0.3 is 4.74 Å². The summed E-state index contributed by atoms with van der Waals surface area (Å²) in [6.45, 7) is 4.57. The highest BCUT2D eigenvalue weighted by molar-refractivity contribution is 5.70. The van der Waals surface area contributed by atoms with Crippen LogP contribution >= 0.6 is 0 Å². The Morgan fingerprint density at radius 1 is 0.581 bits per heavy atom. The Morgan fingerprint density at radius 3 is 1.29 bits per heavy atom. The molecule has 0 spiro atoms. The molecule has 0 N–H and O–H groups in total. The van der Waals surface area contributed by atoms with Crippen LogP contribution in [0.25, 0.3) is 0 Å². The van der Waals surface area contributed by atoms with Crippen LogP contribution in [0.15, 0.2) is 0 Å². The molecule has 1 heterocycles. The van der Waals surface area contributed by atoms with E-state index in [-0.39, 0.29) is 11.6 Å². The van der Waals surface area contributed by atoms with Crippen molar-refractivity contribution in [3.8, 4) is 0 Å². The number of carbonyl (C=O) groups excluding carboxylic acids is 1. The smallest absolute Gasteiger partial charge is 0.306 e. The average Bonchev–Trinajstić information content (AvgIpc) is 2.76. The molecule has 0 aliphatic carbocycles. The second-order valence-corrected chi connectivity index (χ2v) is 10.4. The van der Waals surface area contributed by atoms with E-state index in [1.54, 1.807) is 0 Å². The summed E-state index contributed by atoms with van der Waals surface area (Å²) < 4.78 is 6.00. The predicted octanol–water partition coefficient (Wildman–Crippen LogP) is 10.1. The summed E-state index contributed by atoms with van der Waals surface area (Å²) in [6, 6.07) is 0. The Kier molecular flexibility index (Phi) is 18.5. The topological polar surface area (TPSA) is 26.3 Å². The van der Waals surface area contributed by atoms with Crippen molar-refractivity contribution >= 4 is 5.97 Å². The van der Waals surface area contributed by atoms with E-state index in [2.05, 4.69) is 13.8 Å². The summed E-state index contributed by atoms with van der Waals surface area (Å²) in [4.78, 5) is 12.0. The van der Waals surface area contributed by atoms with Gasteiger partial charge in [0.1, 0.15) is 5.60 Å². The highest BCUT2D eigenvalue weighted by atomic mass is 16.6. The number of carbonyl (C=O) groups is 1. The third kappa shape index (κ3) is 15.8. The van der Waals surface area contributed by atoms with Gasteiger partial charge in [0.2, 0.25) is 0 Å². The lowest BCUT2D eigenvalue weighted by Crippen LogP contribution is -2.38. The van der Waals surface area contributed by atoms with Crippen LogP contribution in [-0.2, 0) is 9.53 Å². The van der Waals surface area contributed by atoms with Crippen molar-refractivity contribution in [2.24, 2.45) is 0 Å². The quantitative estimate of drug-likeness (QED) is 0.125. The first-order chi connectivity index (χ1) is 15.2. The monoisotopic (exact) mass is 436 g/mol. The van der Waals surface area contributed by atoms with Crippen LogP contribution in [0.3, 0.4) is 0 Å². The first-order valence-electron chi connectivity index (χ1n) is 14.4. The Bertz CT molecular complexity index is 380. The zero-order valence-electron chi connectivity index (χ0n) is 21.5. The van der Waals surface area contributed by atoms with E-state index >= 15 is 0 Å². The van der Waals surface area contributed by atoms with Gasteiger partial charge in [-0.05, 0) is 38.5 Å². The summed E-state index contributed by atoms with van der Waals surface area (Å²) in [7, 11) is 0. The van der Waals surface area contributed by atoms with Crippen molar-refractivity contribution in [2.75, 3.05) is 0 Å². The summed E-state index contributed by atoms with van der Waals surface area (Å²) in [5.74, 6) is 0.0606. The molecule has 1 rings (SSSR count). The number of esters is 1. The number of cyclic esters (lactones) is 1. The van der Waals surface area contributed by atoms with E-state index in [1.165, 1.54) is 128 Å². The van der Waals surface area contributed by atoms with E-state index < -0.39 is 0 Å². The SMILES string of the molecule is CCCCCCCCCCCCC1(CCCCCCCCCCCC)CCCC(=O)O1. The zero-order valence-corrected chi connectivity index (χ0v) is 21.5. The number of unbranched alkanes of at least 4 members (excludes halogenated alkanes) is 18. The Labute approximate surface area is 195 Å². The molecule has 0 bridgehead atoms. The van der Waals surface area contributed by atoms with E-state index in [4.69, 9.17) is 4.74 Å². The third-order valence-electron chi connectivity index (χ3n) is 7.32.